The van der Waals surface area contributed by atoms with Gasteiger partial charge < -0.3 is 20.1 Å². The summed E-state index contributed by atoms with van der Waals surface area (Å²) < 4.78 is 10.5. The smallest absolute Gasteiger partial charge is 0.229 e. The summed E-state index contributed by atoms with van der Waals surface area (Å²) in [5.74, 6) is 0.899. The van der Waals surface area contributed by atoms with Gasteiger partial charge in [-0.15, -0.1) is 12.4 Å². The lowest BCUT2D eigenvalue weighted by atomic mass is 9.78. The molecule has 0 bridgehead atoms. The van der Waals surface area contributed by atoms with Gasteiger partial charge in [-0.05, 0) is 50.6 Å². The van der Waals surface area contributed by atoms with Crippen LogP contribution in [0.4, 0.5) is 0 Å². The van der Waals surface area contributed by atoms with E-state index in [9.17, 15) is 4.79 Å². The van der Waals surface area contributed by atoms with Crippen molar-refractivity contribution < 1.29 is 14.3 Å². The topological polar surface area (TPSA) is 59.6 Å². The number of methoxy groups -OCH3 is 2. The molecule has 1 saturated heterocycles. The third kappa shape index (κ3) is 4.83. The van der Waals surface area contributed by atoms with Crippen molar-refractivity contribution in [2.75, 3.05) is 33.9 Å². The molecule has 1 aromatic carbocycles. The lowest BCUT2D eigenvalue weighted by molar-refractivity contribution is -0.136. The first-order chi connectivity index (χ1) is 10.6. The van der Waals surface area contributed by atoms with Crippen LogP contribution in [0.15, 0.2) is 24.3 Å². The number of benzene rings is 1. The number of nitrogens with one attached hydrogen (secondary N) is 2. The first kappa shape index (κ1) is 19.7. The minimum absolute atomic E-state index is 0. The van der Waals surface area contributed by atoms with Crippen molar-refractivity contribution in [2.24, 2.45) is 5.41 Å². The maximum absolute atomic E-state index is 12.8. The molecule has 1 fully saturated rings. The van der Waals surface area contributed by atoms with E-state index in [0.717, 1.165) is 37.2 Å². The predicted octanol–water partition coefficient (Wildman–Crippen LogP) is 2.31. The second-order valence-corrected chi connectivity index (χ2v) is 5.93. The average molecular weight is 343 g/mol. The van der Waals surface area contributed by atoms with E-state index in [4.69, 9.17) is 9.47 Å². The van der Waals surface area contributed by atoms with E-state index in [1.54, 1.807) is 14.2 Å². The molecule has 0 aliphatic carbocycles. The van der Waals surface area contributed by atoms with Gasteiger partial charge in [0.2, 0.25) is 5.91 Å². The molecule has 1 aromatic rings. The molecule has 0 aromatic heterocycles. The Kier molecular flexibility index (Phi) is 7.82. The maximum atomic E-state index is 12.8. The highest BCUT2D eigenvalue weighted by molar-refractivity contribution is 5.85. The van der Waals surface area contributed by atoms with Crippen LogP contribution in [0.1, 0.15) is 31.4 Å². The van der Waals surface area contributed by atoms with Crippen molar-refractivity contribution in [3.63, 3.8) is 0 Å². The Balaban J connectivity index is 0.00000264. The van der Waals surface area contributed by atoms with Crippen LogP contribution in [0.25, 0.3) is 0 Å². The molecule has 23 heavy (non-hydrogen) atoms. The maximum Gasteiger partial charge on any atom is 0.229 e. The summed E-state index contributed by atoms with van der Waals surface area (Å²) >= 11 is 0. The third-order valence-electron chi connectivity index (χ3n) is 4.43. The highest BCUT2D eigenvalue weighted by atomic mass is 35.5. The first-order valence-electron chi connectivity index (χ1n) is 7.76. The molecule has 6 heteroatoms. The van der Waals surface area contributed by atoms with Gasteiger partial charge in [0, 0.05) is 7.11 Å². The van der Waals surface area contributed by atoms with Gasteiger partial charge in [0.05, 0.1) is 25.2 Å². The van der Waals surface area contributed by atoms with Gasteiger partial charge in [-0.1, -0.05) is 12.1 Å². The minimum atomic E-state index is -0.416. The zero-order valence-corrected chi connectivity index (χ0v) is 14.9. The molecule has 1 heterocycles. The highest BCUT2D eigenvalue weighted by Gasteiger charge is 2.40. The number of hydrogen-bond acceptors (Lipinski definition) is 4. The van der Waals surface area contributed by atoms with Gasteiger partial charge in [-0.25, -0.2) is 0 Å². The van der Waals surface area contributed by atoms with Crippen molar-refractivity contribution in [3.8, 4) is 5.75 Å². The fourth-order valence-electron chi connectivity index (χ4n) is 2.94. The predicted molar refractivity (Wildman–Crippen MR) is 93.2 cm³/mol. The summed E-state index contributed by atoms with van der Waals surface area (Å²) in [6.07, 6.45) is 1.62. The quantitative estimate of drug-likeness (QED) is 0.833. The number of rotatable bonds is 6. The Bertz CT molecular complexity index is 482. The minimum Gasteiger partial charge on any atom is -0.497 e. The Morgan fingerprint density at radius 2 is 1.87 bits per heavy atom. The standard InChI is InChI=1S/C17H26N2O3.ClH/c1-13(14-4-6-15(22-3)7-5-14)19-16(20)17(12-21-2)8-10-18-11-9-17;/h4-7,13,18H,8-12H2,1-3H3,(H,19,20);1H. The van der Waals surface area contributed by atoms with E-state index >= 15 is 0 Å². The first-order valence-corrected chi connectivity index (χ1v) is 7.76. The Hall–Kier alpha value is -1.30. The van der Waals surface area contributed by atoms with Gasteiger partial charge >= 0.3 is 0 Å². The van der Waals surface area contributed by atoms with Gasteiger partial charge in [0.15, 0.2) is 0 Å². The van der Waals surface area contributed by atoms with Gasteiger partial charge in [-0.3, -0.25) is 4.79 Å². The van der Waals surface area contributed by atoms with Gasteiger partial charge in [-0.2, -0.15) is 0 Å². The SMILES string of the molecule is COCC1(C(=O)NC(C)c2ccc(OC)cc2)CCNCC1.Cl. The zero-order chi connectivity index (χ0) is 16.0. The third-order valence-corrected chi connectivity index (χ3v) is 4.43. The number of carbonyl (C=O) groups is 1. The summed E-state index contributed by atoms with van der Waals surface area (Å²) in [7, 11) is 3.30. The van der Waals surface area contributed by atoms with Crippen LogP contribution in [-0.2, 0) is 9.53 Å². The van der Waals surface area contributed by atoms with Gasteiger partial charge in [0.1, 0.15) is 5.75 Å². The van der Waals surface area contributed by atoms with Gasteiger partial charge in [0.25, 0.3) is 0 Å². The fourth-order valence-corrected chi connectivity index (χ4v) is 2.94. The van der Waals surface area contributed by atoms with E-state index < -0.39 is 5.41 Å². The normalized spacial score (nSPS) is 17.7. The fraction of sp³-hybridized carbons (Fsp3) is 0.588. The van der Waals surface area contributed by atoms with E-state index in [0.29, 0.717) is 6.61 Å². The lowest BCUT2D eigenvalue weighted by Crippen LogP contribution is -2.50. The molecular formula is C17H27ClN2O3. The molecule has 1 atom stereocenters. The number of hydrogen-bond donors (Lipinski definition) is 2. The van der Waals surface area contributed by atoms with Crippen LogP contribution in [0.5, 0.6) is 5.75 Å². The van der Waals surface area contributed by atoms with Crippen LogP contribution in [-0.4, -0.2) is 39.8 Å². The van der Waals surface area contributed by atoms with Crippen LogP contribution in [0.2, 0.25) is 0 Å². The molecular weight excluding hydrogens is 316 g/mol. The molecule has 1 unspecified atom stereocenters. The molecule has 2 N–H and O–H groups in total. The molecule has 5 nitrogen and oxygen atoms in total. The average Bonchev–Trinajstić information content (AvgIpc) is 2.56. The second kappa shape index (κ2) is 9.11. The van der Waals surface area contributed by atoms with E-state index in [-0.39, 0.29) is 24.4 Å². The molecule has 0 spiro atoms. The number of halogens is 1. The van der Waals surface area contributed by atoms with E-state index in [2.05, 4.69) is 10.6 Å². The number of amides is 1. The van der Waals surface area contributed by atoms with Crippen molar-refractivity contribution in [2.45, 2.75) is 25.8 Å². The molecule has 130 valence electrons. The summed E-state index contributed by atoms with van der Waals surface area (Å²) in [6.45, 7) is 4.18. The highest BCUT2D eigenvalue weighted by Crippen LogP contribution is 2.30. The number of ether oxygens (including phenoxy) is 2. The Labute approximate surface area is 144 Å². The number of carbonyl (C=O) groups excluding carboxylic acids is 1. The van der Waals surface area contributed by atoms with Crippen LogP contribution in [0, 0.1) is 5.41 Å². The molecule has 0 radical (unpaired) electrons. The Morgan fingerprint density at radius 3 is 2.39 bits per heavy atom. The van der Waals surface area contributed by atoms with Crippen molar-refractivity contribution >= 4 is 18.3 Å². The molecule has 1 aliphatic heterocycles. The van der Waals surface area contributed by atoms with Crippen molar-refractivity contribution in [1.29, 1.82) is 0 Å². The van der Waals surface area contributed by atoms with Crippen molar-refractivity contribution in [3.05, 3.63) is 29.8 Å². The molecule has 1 amide bonds. The van der Waals surface area contributed by atoms with Crippen LogP contribution < -0.4 is 15.4 Å². The molecule has 0 saturated carbocycles. The summed E-state index contributed by atoms with van der Waals surface area (Å²) in [4.78, 5) is 12.8. The zero-order valence-electron chi connectivity index (χ0n) is 14.1. The van der Waals surface area contributed by atoms with E-state index in [1.807, 2.05) is 31.2 Å². The lowest BCUT2D eigenvalue weighted by Gasteiger charge is -2.36. The van der Waals surface area contributed by atoms with E-state index in [1.165, 1.54) is 0 Å². The Morgan fingerprint density at radius 1 is 1.26 bits per heavy atom. The largest absolute Gasteiger partial charge is 0.497 e. The summed E-state index contributed by atoms with van der Waals surface area (Å²) in [5, 5.41) is 6.44. The number of piperidine rings is 1. The second-order valence-electron chi connectivity index (χ2n) is 5.93. The van der Waals surface area contributed by atoms with Crippen LogP contribution in [0.3, 0.4) is 0 Å². The van der Waals surface area contributed by atoms with Crippen LogP contribution >= 0.6 is 12.4 Å². The monoisotopic (exact) mass is 342 g/mol. The molecule has 2 rings (SSSR count). The summed E-state index contributed by atoms with van der Waals surface area (Å²) in [5.41, 5.74) is 0.649. The summed E-state index contributed by atoms with van der Waals surface area (Å²) in [6, 6.07) is 7.74. The van der Waals surface area contributed by atoms with Crippen molar-refractivity contribution in [1.82, 2.24) is 10.6 Å². The molecule has 1 aliphatic rings.